The monoisotopic (exact) mass is 387 g/mol. The number of rotatable bonds is 4. The Bertz CT molecular complexity index is 869. The lowest BCUT2D eigenvalue weighted by molar-refractivity contribution is -0.121. The second-order valence-corrected chi connectivity index (χ2v) is 6.93. The molecule has 140 valence electrons. The number of imide groups is 1. The van der Waals surface area contributed by atoms with Crippen LogP contribution in [0.5, 0.6) is 5.75 Å². The number of thioether (sulfide) groups is 1. The highest BCUT2D eigenvalue weighted by Crippen LogP contribution is 2.31. The van der Waals surface area contributed by atoms with Crippen LogP contribution in [0.4, 0.5) is 15.8 Å². The number of anilines is 2. The van der Waals surface area contributed by atoms with E-state index in [0.29, 0.717) is 10.9 Å². The van der Waals surface area contributed by atoms with Gasteiger partial charge >= 0.3 is 0 Å². The number of nitrogens with one attached hydrogen (secondary N) is 1. The van der Waals surface area contributed by atoms with Crippen molar-refractivity contribution in [3.63, 3.8) is 0 Å². The summed E-state index contributed by atoms with van der Waals surface area (Å²) in [5.74, 6) is -0.346. The van der Waals surface area contributed by atoms with Gasteiger partial charge in [-0.05, 0) is 48.5 Å². The Morgan fingerprint density at radius 3 is 2.44 bits per heavy atom. The maximum absolute atomic E-state index is 13.1. The van der Waals surface area contributed by atoms with E-state index in [1.165, 1.54) is 36.0 Å². The molecule has 2 aromatic rings. The van der Waals surface area contributed by atoms with Gasteiger partial charge in [-0.25, -0.2) is 9.29 Å². The highest BCUT2D eigenvalue weighted by Gasteiger charge is 2.40. The van der Waals surface area contributed by atoms with Gasteiger partial charge in [0.15, 0.2) is 5.17 Å². The van der Waals surface area contributed by atoms with E-state index < -0.39 is 11.1 Å². The molecule has 0 radical (unpaired) electrons. The van der Waals surface area contributed by atoms with Crippen LogP contribution < -0.4 is 15.0 Å². The maximum Gasteiger partial charge on any atom is 0.247 e. The minimum atomic E-state index is -0.591. The second-order valence-electron chi connectivity index (χ2n) is 5.74. The average Bonchev–Trinajstić information content (AvgIpc) is 2.96. The molecule has 6 nitrogen and oxygen atoms in total. The molecular formula is C19H18FN3O3S. The van der Waals surface area contributed by atoms with Crippen LogP contribution in [0.2, 0.25) is 0 Å². The van der Waals surface area contributed by atoms with Gasteiger partial charge in [-0.2, -0.15) is 0 Å². The Morgan fingerprint density at radius 2 is 1.85 bits per heavy atom. The molecule has 27 heavy (non-hydrogen) atoms. The summed E-state index contributed by atoms with van der Waals surface area (Å²) in [5, 5.41) is 3.06. The molecule has 8 heteroatoms. The third-order valence-corrected chi connectivity index (χ3v) is 5.15. The quantitative estimate of drug-likeness (QED) is 0.495. The first-order chi connectivity index (χ1) is 13.0. The van der Waals surface area contributed by atoms with Crippen molar-refractivity contribution in [3.8, 4) is 5.75 Å². The van der Waals surface area contributed by atoms with Crippen molar-refractivity contribution < 1.29 is 18.7 Å². The molecule has 1 unspecified atom stereocenters. The van der Waals surface area contributed by atoms with Crippen molar-refractivity contribution in [1.29, 1.82) is 0 Å². The Balaban J connectivity index is 1.69. The van der Waals surface area contributed by atoms with Crippen molar-refractivity contribution in [2.75, 3.05) is 24.4 Å². The Morgan fingerprint density at radius 1 is 1.19 bits per heavy atom. The molecule has 0 spiro atoms. The first-order valence-corrected chi connectivity index (χ1v) is 9.06. The number of hydrogen-bond acceptors (Lipinski definition) is 5. The number of amides is 2. The molecule has 2 amide bonds. The first-order valence-electron chi connectivity index (χ1n) is 8.18. The van der Waals surface area contributed by atoms with Crippen LogP contribution in [-0.4, -0.2) is 36.4 Å². The van der Waals surface area contributed by atoms with Crippen molar-refractivity contribution in [3.05, 3.63) is 54.3 Å². The van der Waals surface area contributed by atoms with E-state index in [1.807, 2.05) is 12.1 Å². The summed E-state index contributed by atoms with van der Waals surface area (Å²) in [4.78, 5) is 30.2. The van der Waals surface area contributed by atoms with Crippen LogP contribution in [0, 0.1) is 5.82 Å². The molecule has 3 rings (SSSR count). The van der Waals surface area contributed by atoms with Crippen molar-refractivity contribution in [2.45, 2.75) is 11.7 Å². The van der Waals surface area contributed by atoms with Crippen molar-refractivity contribution in [1.82, 2.24) is 0 Å². The van der Waals surface area contributed by atoms with E-state index in [4.69, 9.17) is 4.74 Å². The summed E-state index contributed by atoms with van der Waals surface area (Å²) in [6, 6.07) is 12.6. The molecule has 1 saturated heterocycles. The number of nitrogens with zero attached hydrogens (tertiary/aromatic N) is 2. The molecule has 1 aliphatic heterocycles. The summed E-state index contributed by atoms with van der Waals surface area (Å²) >= 11 is 1.19. The maximum atomic E-state index is 13.1. The number of carbonyl (C=O) groups is 2. The van der Waals surface area contributed by atoms with Gasteiger partial charge in [0.05, 0.1) is 12.8 Å². The zero-order chi connectivity index (χ0) is 19.4. The Hall–Kier alpha value is -2.87. The molecule has 0 bridgehead atoms. The smallest absolute Gasteiger partial charge is 0.247 e. The Labute approximate surface area is 160 Å². The van der Waals surface area contributed by atoms with Crippen LogP contribution >= 0.6 is 11.8 Å². The molecule has 1 N–H and O–H groups in total. The normalized spacial score (nSPS) is 17.4. The lowest BCUT2D eigenvalue weighted by atomic mass is 10.3. The van der Waals surface area contributed by atoms with Gasteiger partial charge in [-0.1, -0.05) is 11.8 Å². The third kappa shape index (κ3) is 4.28. The zero-order valence-electron chi connectivity index (χ0n) is 14.8. The molecule has 0 aliphatic carbocycles. The average molecular weight is 387 g/mol. The molecule has 1 heterocycles. The lowest BCUT2D eigenvalue weighted by Gasteiger charge is -2.15. The molecule has 2 aromatic carbocycles. The largest absolute Gasteiger partial charge is 0.497 e. The van der Waals surface area contributed by atoms with Gasteiger partial charge in [0.2, 0.25) is 11.8 Å². The standard InChI is InChI=1S/C19H18FN3O3S/c1-21-19(22-13-5-9-15(26-2)10-6-13)27-16-11-17(24)23(18(16)25)14-7-3-12(20)4-8-14/h3-10,16H,11H2,1-2H3,(H,21,22). The van der Waals surface area contributed by atoms with Crippen molar-refractivity contribution >= 4 is 40.1 Å². The van der Waals surface area contributed by atoms with Crippen LogP contribution in [-0.2, 0) is 9.59 Å². The number of carbonyl (C=O) groups excluding carboxylic acids is 2. The molecule has 0 aromatic heterocycles. The van der Waals surface area contributed by atoms with Crippen LogP contribution in [0.1, 0.15) is 6.42 Å². The SMILES string of the molecule is CN=C(Nc1ccc(OC)cc1)SC1CC(=O)N(c2ccc(F)cc2)C1=O. The lowest BCUT2D eigenvalue weighted by Crippen LogP contribution is -2.31. The minimum absolute atomic E-state index is 0.0597. The van der Waals surface area contributed by atoms with E-state index in [9.17, 15) is 14.0 Å². The highest BCUT2D eigenvalue weighted by atomic mass is 32.2. The van der Waals surface area contributed by atoms with Gasteiger partial charge in [0, 0.05) is 19.2 Å². The molecular weight excluding hydrogens is 369 g/mol. The topological polar surface area (TPSA) is 71.0 Å². The van der Waals surface area contributed by atoms with Gasteiger partial charge in [0.1, 0.15) is 16.8 Å². The summed E-state index contributed by atoms with van der Waals surface area (Å²) in [7, 11) is 3.20. The van der Waals surface area contributed by atoms with E-state index in [1.54, 1.807) is 26.3 Å². The summed E-state index contributed by atoms with van der Waals surface area (Å²) in [6.45, 7) is 0. The van der Waals surface area contributed by atoms with Crippen LogP contribution in [0.25, 0.3) is 0 Å². The van der Waals surface area contributed by atoms with E-state index in [2.05, 4.69) is 10.3 Å². The van der Waals surface area contributed by atoms with Crippen LogP contribution in [0.15, 0.2) is 53.5 Å². The molecule has 1 aliphatic rings. The number of benzene rings is 2. The minimum Gasteiger partial charge on any atom is -0.497 e. The van der Waals surface area contributed by atoms with Gasteiger partial charge in [-0.3, -0.25) is 14.6 Å². The fourth-order valence-corrected chi connectivity index (χ4v) is 3.61. The molecule has 1 atom stereocenters. The van der Waals surface area contributed by atoms with Gasteiger partial charge in [0.25, 0.3) is 0 Å². The van der Waals surface area contributed by atoms with E-state index >= 15 is 0 Å². The predicted octanol–water partition coefficient (Wildman–Crippen LogP) is 3.30. The fourth-order valence-electron chi connectivity index (χ4n) is 2.63. The number of ether oxygens (including phenoxy) is 1. The van der Waals surface area contributed by atoms with Gasteiger partial charge < -0.3 is 10.1 Å². The van der Waals surface area contributed by atoms with Gasteiger partial charge in [-0.15, -0.1) is 0 Å². The summed E-state index contributed by atoms with van der Waals surface area (Å²) in [5.41, 5.74) is 1.16. The second kappa shape index (κ2) is 8.22. The number of methoxy groups -OCH3 is 1. The number of aliphatic imine (C=N–C) groups is 1. The zero-order valence-corrected chi connectivity index (χ0v) is 15.6. The summed E-state index contributed by atoms with van der Waals surface area (Å²) in [6.07, 6.45) is 0.0597. The van der Waals surface area contributed by atoms with Crippen LogP contribution in [0.3, 0.4) is 0 Å². The summed E-state index contributed by atoms with van der Waals surface area (Å²) < 4.78 is 18.2. The molecule has 0 saturated carbocycles. The predicted molar refractivity (Wildman–Crippen MR) is 105 cm³/mol. The first kappa shape index (κ1) is 18.9. The highest BCUT2D eigenvalue weighted by molar-refractivity contribution is 8.15. The number of hydrogen-bond donors (Lipinski definition) is 1. The van der Waals surface area contributed by atoms with E-state index in [0.717, 1.165) is 16.3 Å². The Kier molecular flexibility index (Phi) is 5.75. The third-order valence-electron chi connectivity index (χ3n) is 3.99. The van der Waals surface area contributed by atoms with E-state index in [-0.39, 0.29) is 18.2 Å². The van der Waals surface area contributed by atoms with Crippen molar-refractivity contribution in [2.24, 2.45) is 4.99 Å². The number of halogens is 1. The fraction of sp³-hybridized carbons (Fsp3) is 0.211. The number of amidine groups is 1. The molecule has 1 fully saturated rings.